The van der Waals surface area contributed by atoms with Crippen LogP contribution in [0.4, 0.5) is 13.2 Å². The molecule has 6 nitrogen and oxygen atoms in total. The third-order valence-corrected chi connectivity index (χ3v) is 3.55. The van der Waals surface area contributed by atoms with Crippen molar-refractivity contribution in [1.29, 1.82) is 0 Å². The van der Waals surface area contributed by atoms with Gasteiger partial charge in [-0.1, -0.05) is 12.1 Å². The van der Waals surface area contributed by atoms with E-state index in [9.17, 15) is 13.2 Å². The molecule has 2 rings (SSSR count). The summed E-state index contributed by atoms with van der Waals surface area (Å²) < 4.78 is 47.8. The summed E-state index contributed by atoms with van der Waals surface area (Å²) in [5, 5.41) is 6.20. The summed E-state index contributed by atoms with van der Waals surface area (Å²) in [5.74, 6) is 1.50. The lowest BCUT2D eigenvalue weighted by Crippen LogP contribution is -2.38. The summed E-state index contributed by atoms with van der Waals surface area (Å²) in [4.78, 5) is 7.74. The number of hydrogen-bond donors (Lipinski definition) is 2. The first-order valence-electron chi connectivity index (χ1n) is 8.16. The molecule has 0 amide bonds. The van der Waals surface area contributed by atoms with Crippen molar-refractivity contribution in [3.8, 4) is 11.6 Å². The van der Waals surface area contributed by atoms with Crippen LogP contribution in [0.5, 0.6) is 11.6 Å². The highest BCUT2D eigenvalue weighted by molar-refractivity contribution is 14.0. The van der Waals surface area contributed by atoms with Crippen molar-refractivity contribution in [3.05, 3.63) is 53.7 Å². The minimum atomic E-state index is -4.41. The number of nitrogens with zero attached hydrogens (tertiary/aromatic N) is 2. The molecular weight excluding hydrogens is 488 g/mol. The molecule has 28 heavy (non-hydrogen) atoms. The Bertz CT molecular complexity index is 738. The number of ether oxygens (including phenoxy) is 2. The lowest BCUT2D eigenvalue weighted by Gasteiger charge is -2.13. The number of nitrogens with one attached hydrogen (secondary N) is 2. The predicted octanol–water partition coefficient (Wildman–Crippen LogP) is 3.47. The zero-order chi connectivity index (χ0) is 19.7. The van der Waals surface area contributed by atoms with Gasteiger partial charge < -0.3 is 20.1 Å². The lowest BCUT2D eigenvalue weighted by molar-refractivity contribution is -0.137. The standard InChI is InChI=1S/C18H21F3N4O2.HI/c1-22-17(25-11-13-3-6-15(26-2)7-4-13)23-9-10-27-16-8-5-14(12-24-16)18(19,20)21;/h3-8,12H,9-11H2,1-2H3,(H2,22,23,25);1H. The first-order chi connectivity index (χ1) is 12.9. The van der Waals surface area contributed by atoms with Gasteiger partial charge in [0.2, 0.25) is 5.88 Å². The molecule has 0 saturated carbocycles. The SMILES string of the molecule is CN=C(NCCOc1ccc(C(F)(F)F)cn1)NCc1ccc(OC)cc1.I. The van der Waals surface area contributed by atoms with E-state index >= 15 is 0 Å². The second-order valence-electron chi connectivity index (χ2n) is 5.43. The van der Waals surface area contributed by atoms with E-state index in [2.05, 4.69) is 20.6 Å². The molecule has 0 atom stereocenters. The molecule has 154 valence electrons. The van der Waals surface area contributed by atoms with Gasteiger partial charge in [-0.05, 0) is 23.8 Å². The highest BCUT2D eigenvalue weighted by Gasteiger charge is 2.30. The molecule has 0 aliphatic carbocycles. The summed E-state index contributed by atoms with van der Waals surface area (Å²) >= 11 is 0. The number of alkyl halides is 3. The third kappa shape index (κ3) is 7.79. The van der Waals surface area contributed by atoms with E-state index in [4.69, 9.17) is 9.47 Å². The number of rotatable bonds is 7. The number of methoxy groups -OCH3 is 1. The molecule has 1 heterocycles. The molecule has 0 fully saturated rings. The summed E-state index contributed by atoms with van der Waals surface area (Å²) in [6.07, 6.45) is -3.66. The van der Waals surface area contributed by atoms with Gasteiger partial charge in [0.05, 0.1) is 19.2 Å². The molecule has 1 aromatic heterocycles. The first kappa shape index (κ1) is 23.8. The van der Waals surface area contributed by atoms with Crippen molar-refractivity contribution in [2.75, 3.05) is 27.3 Å². The highest BCUT2D eigenvalue weighted by atomic mass is 127. The molecule has 0 aliphatic heterocycles. The van der Waals surface area contributed by atoms with Gasteiger partial charge in [-0.2, -0.15) is 13.2 Å². The Morgan fingerprint density at radius 2 is 1.82 bits per heavy atom. The van der Waals surface area contributed by atoms with Crippen LogP contribution in [-0.4, -0.2) is 38.3 Å². The Labute approximate surface area is 178 Å². The highest BCUT2D eigenvalue weighted by Crippen LogP contribution is 2.29. The molecule has 0 bridgehead atoms. The number of aliphatic imine (C=N–C) groups is 1. The van der Waals surface area contributed by atoms with Crippen LogP contribution in [0.2, 0.25) is 0 Å². The smallest absolute Gasteiger partial charge is 0.417 e. The fourth-order valence-electron chi connectivity index (χ4n) is 2.11. The van der Waals surface area contributed by atoms with Crippen molar-refractivity contribution < 1.29 is 22.6 Å². The zero-order valence-electron chi connectivity index (χ0n) is 15.4. The van der Waals surface area contributed by atoms with Crippen molar-refractivity contribution >= 4 is 29.9 Å². The van der Waals surface area contributed by atoms with Crippen LogP contribution >= 0.6 is 24.0 Å². The van der Waals surface area contributed by atoms with Gasteiger partial charge in [0.1, 0.15) is 12.4 Å². The predicted molar refractivity (Wildman–Crippen MR) is 111 cm³/mol. The minimum absolute atomic E-state index is 0. The third-order valence-electron chi connectivity index (χ3n) is 3.55. The topological polar surface area (TPSA) is 67.8 Å². The molecule has 2 N–H and O–H groups in total. The van der Waals surface area contributed by atoms with Crippen LogP contribution in [0.25, 0.3) is 0 Å². The second kappa shape index (κ2) is 11.6. The monoisotopic (exact) mass is 510 g/mol. The Morgan fingerprint density at radius 1 is 1.11 bits per heavy atom. The molecule has 1 aromatic carbocycles. The van der Waals surface area contributed by atoms with Crippen LogP contribution in [0, 0.1) is 0 Å². The van der Waals surface area contributed by atoms with Gasteiger partial charge in [0.15, 0.2) is 5.96 Å². The molecule has 0 spiro atoms. The fraction of sp³-hybridized carbons (Fsp3) is 0.333. The Kier molecular flexibility index (Phi) is 9.83. The van der Waals surface area contributed by atoms with E-state index < -0.39 is 11.7 Å². The molecule has 0 aliphatic rings. The molecule has 2 aromatic rings. The minimum Gasteiger partial charge on any atom is -0.497 e. The van der Waals surface area contributed by atoms with Crippen LogP contribution < -0.4 is 20.1 Å². The fourth-order valence-corrected chi connectivity index (χ4v) is 2.11. The Hall–Kier alpha value is -2.24. The van der Waals surface area contributed by atoms with E-state index in [-0.39, 0.29) is 36.5 Å². The van der Waals surface area contributed by atoms with Gasteiger partial charge in [0.25, 0.3) is 0 Å². The van der Waals surface area contributed by atoms with Gasteiger partial charge in [0, 0.05) is 25.9 Å². The normalized spacial score (nSPS) is 11.4. The number of hydrogen-bond acceptors (Lipinski definition) is 4. The second-order valence-corrected chi connectivity index (χ2v) is 5.43. The van der Waals surface area contributed by atoms with Gasteiger partial charge in [-0.15, -0.1) is 24.0 Å². The largest absolute Gasteiger partial charge is 0.497 e. The van der Waals surface area contributed by atoms with Gasteiger partial charge >= 0.3 is 6.18 Å². The van der Waals surface area contributed by atoms with Gasteiger partial charge in [-0.3, -0.25) is 4.99 Å². The molecule has 10 heteroatoms. The maximum Gasteiger partial charge on any atom is 0.417 e. The van der Waals surface area contributed by atoms with Crippen LogP contribution in [-0.2, 0) is 12.7 Å². The molecule has 0 unspecified atom stereocenters. The van der Waals surface area contributed by atoms with E-state index in [0.717, 1.165) is 23.6 Å². The average Bonchev–Trinajstić information content (AvgIpc) is 2.67. The summed E-state index contributed by atoms with van der Waals surface area (Å²) in [6, 6.07) is 9.76. The number of aromatic nitrogens is 1. The molecular formula is C18H22F3IN4O2. The first-order valence-corrected chi connectivity index (χ1v) is 8.16. The van der Waals surface area contributed by atoms with Crippen LogP contribution in [0.15, 0.2) is 47.6 Å². The summed E-state index contributed by atoms with van der Waals surface area (Å²) in [5.41, 5.74) is 0.250. The van der Waals surface area contributed by atoms with Crippen molar-refractivity contribution in [2.24, 2.45) is 4.99 Å². The quantitative estimate of drug-likeness (QED) is 0.259. The maximum atomic E-state index is 12.5. The summed E-state index contributed by atoms with van der Waals surface area (Å²) in [7, 11) is 3.25. The maximum absolute atomic E-state index is 12.5. The zero-order valence-corrected chi connectivity index (χ0v) is 17.7. The van der Waals surface area contributed by atoms with E-state index in [0.29, 0.717) is 19.0 Å². The Balaban J connectivity index is 0.00000392. The van der Waals surface area contributed by atoms with Crippen molar-refractivity contribution in [2.45, 2.75) is 12.7 Å². The summed E-state index contributed by atoms with van der Waals surface area (Å²) in [6.45, 7) is 1.21. The average molecular weight is 510 g/mol. The molecule has 0 saturated heterocycles. The Morgan fingerprint density at radius 3 is 2.36 bits per heavy atom. The number of benzene rings is 1. The van der Waals surface area contributed by atoms with Crippen molar-refractivity contribution in [3.63, 3.8) is 0 Å². The number of guanidine groups is 1. The number of halogens is 4. The van der Waals surface area contributed by atoms with E-state index in [1.54, 1.807) is 14.2 Å². The molecule has 0 radical (unpaired) electrons. The van der Waals surface area contributed by atoms with E-state index in [1.807, 2.05) is 24.3 Å². The van der Waals surface area contributed by atoms with Crippen LogP contribution in [0.1, 0.15) is 11.1 Å². The lowest BCUT2D eigenvalue weighted by atomic mass is 10.2. The van der Waals surface area contributed by atoms with Crippen LogP contribution in [0.3, 0.4) is 0 Å². The van der Waals surface area contributed by atoms with E-state index in [1.165, 1.54) is 6.07 Å². The van der Waals surface area contributed by atoms with Crippen molar-refractivity contribution in [1.82, 2.24) is 15.6 Å². The van der Waals surface area contributed by atoms with Gasteiger partial charge in [-0.25, -0.2) is 4.98 Å². The number of pyridine rings is 1.